The first-order valence-corrected chi connectivity index (χ1v) is 12.6. The summed E-state index contributed by atoms with van der Waals surface area (Å²) < 4.78 is 0. The molecule has 4 N–H and O–H groups in total. The Labute approximate surface area is 207 Å². The highest BCUT2D eigenvalue weighted by atomic mass is 16.3. The van der Waals surface area contributed by atoms with Crippen molar-refractivity contribution in [3.05, 3.63) is 83.4 Å². The Morgan fingerprint density at radius 3 is 2.63 bits per heavy atom. The SMILES string of the molecule is C=C(C(Cc1c[nH]c2c1=CCCC=2)Nc1ccc(Nc2ccncc2)cc1)N1CCC(CCO)C1. The van der Waals surface area contributed by atoms with Crippen LogP contribution in [-0.2, 0) is 6.42 Å². The Hall–Kier alpha value is -3.51. The second-order valence-electron chi connectivity index (χ2n) is 9.57. The zero-order valence-electron chi connectivity index (χ0n) is 20.2. The first-order chi connectivity index (χ1) is 17.2. The van der Waals surface area contributed by atoms with Gasteiger partial charge in [0.2, 0.25) is 0 Å². The summed E-state index contributed by atoms with van der Waals surface area (Å²) in [6, 6.07) is 12.4. The van der Waals surface area contributed by atoms with Crippen molar-refractivity contribution < 1.29 is 5.11 Å². The lowest BCUT2D eigenvalue weighted by Gasteiger charge is -2.30. The van der Waals surface area contributed by atoms with Crippen LogP contribution in [0.25, 0.3) is 12.2 Å². The number of aromatic amines is 1. The molecule has 1 fully saturated rings. The minimum Gasteiger partial charge on any atom is -0.396 e. The Kier molecular flexibility index (Phi) is 7.19. The number of aromatic nitrogens is 2. The number of rotatable bonds is 10. The molecule has 2 unspecified atom stereocenters. The fourth-order valence-corrected chi connectivity index (χ4v) is 5.18. The average molecular weight is 470 g/mol. The van der Waals surface area contributed by atoms with E-state index >= 15 is 0 Å². The van der Waals surface area contributed by atoms with Gasteiger partial charge in [0.25, 0.3) is 0 Å². The third-order valence-corrected chi connectivity index (χ3v) is 7.15. The first-order valence-electron chi connectivity index (χ1n) is 12.6. The molecule has 0 bridgehead atoms. The molecular weight excluding hydrogens is 434 g/mol. The van der Waals surface area contributed by atoms with Crippen LogP contribution in [0.15, 0.2) is 67.3 Å². The third-order valence-electron chi connectivity index (χ3n) is 7.15. The summed E-state index contributed by atoms with van der Waals surface area (Å²) in [5.74, 6) is 0.541. The van der Waals surface area contributed by atoms with E-state index in [1.807, 2.05) is 12.1 Å². The van der Waals surface area contributed by atoms with E-state index in [4.69, 9.17) is 0 Å². The normalized spacial score (nSPS) is 17.7. The van der Waals surface area contributed by atoms with Gasteiger partial charge in [-0.3, -0.25) is 4.98 Å². The molecule has 6 heteroatoms. The van der Waals surface area contributed by atoms with Gasteiger partial charge in [-0.25, -0.2) is 0 Å². The average Bonchev–Trinajstić information content (AvgIpc) is 3.53. The second-order valence-corrected chi connectivity index (χ2v) is 9.57. The van der Waals surface area contributed by atoms with Gasteiger partial charge < -0.3 is 25.6 Å². The number of H-pyrrole nitrogens is 1. The Balaban J connectivity index is 1.34. The minimum absolute atomic E-state index is 0.0807. The number of hydrogen-bond acceptors (Lipinski definition) is 5. The number of hydrogen-bond donors (Lipinski definition) is 4. The van der Waals surface area contributed by atoms with Crippen LogP contribution in [0, 0.1) is 5.92 Å². The van der Waals surface area contributed by atoms with Gasteiger partial charge in [-0.2, -0.15) is 0 Å². The van der Waals surface area contributed by atoms with E-state index < -0.39 is 0 Å². The van der Waals surface area contributed by atoms with Crippen LogP contribution < -0.4 is 21.2 Å². The smallest absolute Gasteiger partial charge is 0.0696 e. The monoisotopic (exact) mass is 469 g/mol. The zero-order chi connectivity index (χ0) is 24.0. The molecule has 3 heterocycles. The van der Waals surface area contributed by atoms with Crippen LogP contribution in [0.2, 0.25) is 0 Å². The van der Waals surface area contributed by atoms with Crippen LogP contribution in [0.1, 0.15) is 31.2 Å². The van der Waals surface area contributed by atoms with Crippen molar-refractivity contribution in [3.63, 3.8) is 0 Å². The molecule has 1 saturated heterocycles. The van der Waals surface area contributed by atoms with Gasteiger partial charge >= 0.3 is 0 Å². The van der Waals surface area contributed by atoms with Crippen LogP contribution in [0.3, 0.4) is 0 Å². The summed E-state index contributed by atoms with van der Waals surface area (Å²) in [6.45, 7) is 6.78. The van der Waals surface area contributed by atoms with Gasteiger partial charge in [0, 0.05) is 72.8 Å². The summed E-state index contributed by atoms with van der Waals surface area (Å²) in [5.41, 5.74) is 5.58. The van der Waals surface area contributed by atoms with E-state index in [-0.39, 0.29) is 12.6 Å². The molecule has 2 aromatic heterocycles. The fraction of sp³-hybridized carbons (Fsp3) is 0.345. The van der Waals surface area contributed by atoms with Gasteiger partial charge in [-0.05, 0) is 78.8 Å². The van der Waals surface area contributed by atoms with E-state index in [0.717, 1.165) is 68.0 Å². The second kappa shape index (κ2) is 10.8. The molecule has 6 nitrogen and oxygen atoms in total. The maximum absolute atomic E-state index is 9.38. The number of nitrogens with one attached hydrogen (secondary N) is 3. The molecule has 0 amide bonds. The van der Waals surface area contributed by atoms with Gasteiger partial charge in [-0.15, -0.1) is 0 Å². The molecule has 1 aliphatic heterocycles. The number of aliphatic hydroxyl groups is 1. The summed E-state index contributed by atoms with van der Waals surface area (Å²) in [7, 11) is 0. The molecule has 0 radical (unpaired) electrons. The summed E-state index contributed by atoms with van der Waals surface area (Å²) >= 11 is 0. The van der Waals surface area contributed by atoms with E-state index in [1.165, 1.54) is 16.1 Å². The first kappa shape index (κ1) is 23.2. The molecule has 1 aliphatic carbocycles. The van der Waals surface area contributed by atoms with Gasteiger partial charge in [0.1, 0.15) is 0 Å². The van der Waals surface area contributed by atoms with Crippen molar-refractivity contribution in [1.29, 1.82) is 0 Å². The van der Waals surface area contributed by atoms with E-state index in [2.05, 4.69) is 74.7 Å². The highest BCUT2D eigenvalue weighted by Gasteiger charge is 2.27. The quantitative estimate of drug-likeness (QED) is 0.364. The largest absolute Gasteiger partial charge is 0.396 e. The Bertz CT molecular complexity index is 1250. The molecule has 1 aromatic carbocycles. The Morgan fingerprint density at radius 1 is 1.09 bits per heavy atom. The molecule has 5 rings (SSSR count). The highest BCUT2D eigenvalue weighted by Crippen LogP contribution is 2.27. The predicted molar refractivity (Wildman–Crippen MR) is 144 cm³/mol. The molecular formula is C29H35N5O. The number of likely N-dealkylation sites (tertiary alicyclic amines) is 1. The van der Waals surface area contributed by atoms with E-state index in [0.29, 0.717) is 5.92 Å². The fourth-order valence-electron chi connectivity index (χ4n) is 5.18. The lowest BCUT2D eigenvalue weighted by Crippen LogP contribution is -2.36. The molecule has 0 spiro atoms. The van der Waals surface area contributed by atoms with Gasteiger partial charge in [0.15, 0.2) is 0 Å². The number of aliphatic hydroxyl groups excluding tert-OH is 1. The van der Waals surface area contributed by atoms with E-state index in [9.17, 15) is 5.11 Å². The minimum atomic E-state index is 0.0807. The van der Waals surface area contributed by atoms with Crippen molar-refractivity contribution in [2.75, 3.05) is 30.3 Å². The number of pyridine rings is 1. The lowest BCUT2D eigenvalue weighted by molar-refractivity contribution is 0.256. The molecule has 2 atom stereocenters. The number of nitrogens with zero attached hydrogens (tertiary/aromatic N) is 2. The molecule has 0 saturated carbocycles. The van der Waals surface area contributed by atoms with Gasteiger partial charge in [-0.1, -0.05) is 18.7 Å². The Morgan fingerprint density at radius 2 is 1.83 bits per heavy atom. The molecule has 182 valence electrons. The number of anilines is 3. The standard InChI is InChI=1S/C29H35N5O/c1-21(34-16-12-22(20-34)13-17-35)29(18-23-19-31-28-5-3-2-4-27(23)28)33-25-8-6-24(7-9-25)32-26-10-14-30-15-11-26/h4-11,14-15,19,22,29,31,33,35H,1-3,12-13,16-18,20H2,(H,30,32). The van der Waals surface area contributed by atoms with Crippen LogP contribution in [0.4, 0.5) is 17.1 Å². The predicted octanol–water partition coefficient (Wildman–Crippen LogP) is 3.75. The summed E-state index contributed by atoms with van der Waals surface area (Å²) in [4.78, 5) is 9.94. The third kappa shape index (κ3) is 5.60. The van der Waals surface area contributed by atoms with Crippen LogP contribution in [-0.4, -0.2) is 45.7 Å². The van der Waals surface area contributed by atoms with Crippen molar-refractivity contribution in [1.82, 2.24) is 14.9 Å². The van der Waals surface area contributed by atoms with Crippen molar-refractivity contribution in [2.24, 2.45) is 5.92 Å². The topological polar surface area (TPSA) is 76.2 Å². The zero-order valence-corrected chi connectivity index (χ0v) is 20.2. The van der Waals surface area contributed by atoms with Crippen molar-refractivity contribution in [3.8, 4) is 0 Å². The number of fused-ring (bicyclic) bond motifs is 1. The van der Waals surface area contributed by atoms with Crippen molar-refractivity contribution in [2.45, 2.75) is 38.1 Å². The van der Waals surface area contributed by atoms with Crippen molar-refractivity contribution >= 4 is 29.2 Å². The summed E-state index contributed by atoms with van der Waals surface area (Å²) in [5, 5.41) is 19.2. The maximum Gasteiger partial charge on any atom is 0.0696 e. The molecule has 3 aromatic rings. The maximum atomic E-state index is 9.38. The molecule has 35 heavy (non-hydrogen) atoms. The number of benzene rings is 1. The lowest BCUT2D eigenvalue weighted by atomic mass is 10.0. The van der Waals surface area contributed by atoms with Crippen LogP contribution >= 0.6 is 0 Å². The summed E-state index contributed by atoms with van der Waals surface area (Å²) in [6.07, 6.45) is 15.4. The molecule has 2 aliphatic rings. The highest BCUT2D eigenvalue weighted by molar-refractivity contribution is 5.62. The van der Waals surface area contributed by atoms with Gasteiger partial charge in [0.05, 0.1) is 6.04 Å². The van der Waals surface area contributed by atoms with Crippen LogP contribution in [0.5, 0.6) is 0 Å². The van der Waals surface area contributed by atoms with E-state index in [1.54, 1.807) is 12.4 Å².